The molecule has 1 aliphatic rings. The van der Waals surface area contributed by atoms with Crippen LogP contribution in [0.5, 0.6) is 5.75 Å². The highest BCUT2D eigenvalue weighted by molar-refractivity contribution is 5.95. The SMILES string of the molecule is C=CC(NC(=O)c1ccc(C2CNNC2)c(OC)c1)c1c(F)cccc1F. The Kier molecular flexibility index (Phi) is 5.83. The normalized spacial score (nSPS) is 15.4. The van der Waals surface area contributed by atoms with E-state index in [1.807, 2.05) is 6.07 Å². The predicted molar refractivity (Wildman–Crippen MR) is 98.5 cm³/mol. The van der Waals surface area contributed by atoms with Gasteiger partial charge in [-0.25, -0.2) is 8.78 Å². The van der Waals surface area contributed by atoms with Crippen molar-refractivity contribution in [3.05, 3.63) is 77.4 Å². The van der Waals surface area contributed by atoms with E-state index in [1.54, 1.807) is 12.1 Å². The van der Waals surface area contributed by atoms with Crippen LogP contribution in [0, 0.1) is 11.6 Å². The molecule has 1 fully saturated rings. The lowest BCUT2D eigenvalue weighted by atomic mass is 9.97. The molecule has 5 nitrogen and oxygen atoms in total. The Morgan fingerprint density at radius 2 is 1.93 bits per heavy atom. The fourth-order valence-corrected chi connectivity index (χ4v) is 3.15. The van der Waals surface area contributed by atoms with Gasteiger partial charge in [0.05, 0.1) is 13.2 Å². The molecule has 1 saturated heterocycles. The minimum absolute atomic E-state index is 0.227. The molecular weight excluding hydrogens is 352 g/mol. The van der Waals surface area contributed by atoms with Gasteiger partial charge in [0.1, 0.15) is 17.4 Å². The minimum Gasteiger partial charge on any atom is -0.496 e. The molecule has 0 aromatic heterocycles. The van der Waals surface area contributed by atoms with Gasteiger partial charge in [-0.05, 0) is 29.8 Å². The van der Waals surface area contributed by atoms with E-state index >= 15 is 0 Å². The van der Waals surface area contributed by atoms with E-state index in [0.717, 1.165) is 30.8 Å². The Hall–Kier alpha value is -2.77. The first-order valence-electron chi connectivity index (χ1n) is 8.56. The number of rotatable bonds is 6. The Morgan fingerprint density at radius 1 is 1.26 bits per heavy atom. The average molecular weight is 373 g/mol. The first-order chi connectivity index (χ1) is 13.0. The minimum atomic E-state index is -0.993. The highest BCUT2D eigenvalue weighted by Crippen LogP contribution is 2.29. The zero-order valence-electron chi connectivity index (χ0n) is 14.9. The number of hydrogen-bond donors (Lipinski definition) is 3. The Morgan fingerprint density at radius 3 is 2.52 bits per heavy atom. The summed E-state index contributed by atoms with van der Waals surface area (Å²) in [6, 6.07) is 7.69. The standard InChI is InChI=1S/C20H21F2N3O2/c1-3-17(19-15(21)5-4-6-16(19)22)25-20(26)12-7-8-14(18(9-12)27-2)13-10-23-24-11-13/h3-9,13,17,23-24H,1,10-11H2,2H3,(H,25,26). The quantitative estimate of drug-likeness (QED) is 0.682. The molecule has 1 atom stereocenters. The van der Waals surface area contributed by atoms with Gasteiger partial charge in [0.2, 0.25) is 0 Å². The summed E-state index contributed by atoms with van der Waals surface area (Å²) in [6.45, 7) is 5.09. The van der Waals surface area contributed by atoms with Gasteiger partial charge in [0.15, 0.2) is 0 Å². The van der Waals surface area contributed by atoms with Gasteiger partial charge in [-0.2, -0.15) is 0 Å². The summed E-state index contributed by atoms with van der Waals surface area (Å²) in [5.41, 5.74) is 7.18. The number of carbonyl (C=O) groups excluding carboxylic acids is 1. The number of halogens is 2. The van der Waals surface area contributed by atoms with E-state index in [2.05, 4.69) is 22.7 Å². The van der Waals surface area contributed by atoms with Crippen LogP contribution >= 0.6 is 0 Å². The second-order valence-electron chi connectivity index (χ2n) is 6.24. The van der Waals surface area contributed by atoms with Crippen LogP contribution in [0.1, 0.15) is 33.4 Å². The number of hydrogen-bond acceptors (Lipinski definition) is 4. The van der Waals surface area contributed by atoms with E-state index in [1.165, 1.54) is 19.3 Å². The summed E-state index contributed by atoms with van der Waals surface area (Å²) >= 11 is 0. The van der Waals surface area contributed by atoms with Crippen molar-refractivity contribution in [2.45, 2.75) is 12.0 Å². The molecule has 3 N–H and O–H groups in total. The first kappa shape index (κ1) is 19.0. The fourth-order valence-electron chi connectivity index (χ4n) is 3.15. The van der Waals surface area contributed by atoms with Crippen LogP contribution in [-0.4, -0.2) is 26.1 Å². The summed E-state index contributed by atoms with van der Waals surface area (Å²) < 4.78 is 33.5. The summed E-state index contributed by atoms with van der Waals surface area (Å²) in [5, 5.41) is 2.60. The average Bonchev–Trinajstić information content (AvgIpc) is 3.20. The van der Waals surface area contributed by atoms with Gasteiger partial charge >= 0.3 is 0 Å². The van der Waals surface area contributed by atoms with Gasteiger partial charge in [-0.1, -0.05) is 18.2 Å². The van der Waals surface area contributed by atoms with Crippen LogP contribution in [0.2, 0.25) is 0 Å². The van der Waals surface area contributed by atoms with Crippen LogP contribution in [-0.2, 0) is 0 Å². The van der Waals surface area contributed by atoms with Gasteiger partial charge in [-0.3, -0.25) is 15.6 Å². The number of amides is 1. The topological polar surface area (TPSA) is 62.4 Å². The molecule has 2 aromatic carbocycles. The number of hydrazine groups is 1. The van der Waals surface area contributed by atoms with Crippen LogP contribution < -0.4 is 20.9 Å². The number of methoxy groups -OCH3 is 1. The monoisotopic (exact) mass is 373 g/mol. The Bertz CT molecular complexity index is 831. The number of ether oxygens (including phenoxy) is 1. The van der Waals surface area contributed by atoms with E-state index in [0.29, 0.717) is 11.3 Å². The highest BCUT2D eigenvalue weighted by atomic mass is 19.1. The van der Waals surface area contributed by atoms with Gasteiger partial charge in [0.25, 0.3) is 5.91 Å². The number of carbonyl (C=O) groups is 1. The van der Waals surface area contributed by atoms with E-state index < -0.39 is 23.6 Å². The first-order valence-corrected chi connectivity index (χ1v) is 8.56. The lowest BCUT2D eigenvalue weighted by Crippen LogP contribution is -2.28. The van der Waals surface area contributed by atoms with Crippen LogP contribution in [0.4, 0.5) is 8.78 Å². The van der Waals surface area contributed by atoms with Crippen molar-refractivity contribution >= 4 is 5.91 Å². The van der Waals surface area contributed by atoms with Crippen molar-refractivity contribution < 1.29 is 18.3 Å². The van der Waals surface area contributed by atoms with E-state index in [4.69, 9.17) is 4.74 Å². The summed E-state index contributed by atoms with van der Waals surface area (Å²) in [6.07, 6.45) is 1.29. The van der Waals surface area contributed by atoms with Crippen molar-refractivity contribution in [1.82, 2.24) is 16.2 Å². The molecule has 142 valence electrons. The highest BCUT2D eigenvalue weighted by Gasteiger charge is 2.23. The molecule has 0 spiro atoms. The van der Waals surface area contributed by atoms with Crippen molar-refractivity contribution in [2.75, 3.05) is 20.2 Å². The molecule has 0 aliphatic carbocycles. The van der Waals surface area contributed by atoms with E-state index in [9.17, 15) is 13.6 Å². The third-order valence-electron chi connectivity index (χ3n) is 4.59. The number of nitrogens with one attached hydrogen (secondary N) is 3. The molecule has 1 unspecified atom stereocenters. The van der Waals surface area contributed by atoms with E-state index in [-0.39, 0.29) is 11.5 Å². The van der Waals surface area contributed by atoms with Crippen LogP contribution in [0.25, 0.3) is 0 Å². The third-order valence-corrected chi connectivity index (χ3v) is 4.59. The molecule has 27 heavy (non-hydrogen) atoms. The second kappa shape index (κ2) is 8.28. The predicted octanol–water partition coefficient (Wildman–Crippen LogP) is 2.82. The maximum absolute atomic E-state index is 14.0. The molecule has 1 heterocycles. The lowest BCUT2D eigenvalue weighted by Gasteiger charge is -2.18. The zero-order chi connectivity index (χ0) is 19.4. The molecule has 0 saturated carbocycles. The van der Waals surface area contributed by atoms with Crippen molar-refractivity contribution in [3.8, 4) is 5.75 Å². The molecular formula is C20H21F2N3O2. The van der Waals surface area contributed by atoms with Crippen molar-refractivity contribution in [3.63, 3.8) is 0 Å². The molecule has 0 radical (unpaired) electrons. The lowest BCUT2D eigenvalue weighted by molar-refractivity contribution is 0.0943. The number of benzene rings is 2. The molecule has 3 rings (SSSR count). The largest absolute Gasteiger partial charge is 0.496 e. The molecule has 0 bridgehead atoms. The van der Waals surface area contributed by atoms with Gasteiger partial charge in [-0.15, -0.1) is 6.58 Å². The molecule has 1 amide bonds. The second-order valence-corrected chi connectivity index (χ2v) is 6.24. The van der Waals surface area contributed by atoms with Crippen LogP contribution in [0.3, 0.4) is 0 Å². The smallest absolute Gasteiger partial charge is 0.252 e. The maximum Gasteiger partial charge on any atom is 0.252 e. The maximum atomic E-state index is 14.0. The van der Waals surface area contributed by atoms with Crippen molar-refractivity contribution in [2.24, 2.45) is 0 Å². The van der Waals surface area contributed by atoms with Crippen molar-refractivity contribution in [1.29, 1.82) is 0 Å². The summed E-state index contributed by atoms with van der Waals surface area (Å²) in [4.78, 5) is 12.6. The van der Waals surface area contributed by atoms with Crippen LogP contribution in [0.15, 0.2) is 49.1 Å². The van der Waals surface area contributed by atoms with Gasteiger partial charge in [0, 0.05) is 30.1 Å². The molecule has 1 aliphatic heterocycles. The molecule has 7 heteroatoms. The Balaban J connectivity index is 1.83. The van der Waals surface area contributed by atoms with Gasteiger partial charge < -0.3 is 10.1 Å². The summed E-state index contributed by atoms with van der Waals surface area (Å²) in [5.74, 6) is -1.14. The molecule has 2 aromatic rings. The Labute approximate surface area is 156 Å². The third kappa shape index (κ3) is 3.99. The fraction of sp³-hybridized carbons (Fsp3) is 0.250. The summed E-state index contributed by atoms with van der Waals surface area (Å²) in [7, 11) is 1.54. The zero-order valence-corrected chi connectivity index (χ0v) is 14.9.